The van der Waals surface area contributed by atoms with E-state index in [-0.39, 0.29) is 11.5 Å². The monoisotopic (exact) mass is 457 g/mol. The number of nitrogens with one attached hydrogen (secondary N) is 2. The summed E-state index contributed by atoms with van der Waals surface area (Å²) < 4.78 is 45.0. The summed E-state index contributed by atoms with van der Waals surface area (Å²) >= 11 is 0. The third-order valence-electron chi connectivity index (χ3n) is 4.85. The van der Waals surface area contributed by atoms with Crippen molar-refractivity contribution in [1.29, 1.82) is 0 Å². The summed E-state index contributed by atoms with van der Waals surface area (Å²) in [6.07, 6.45) is -3.38. The van der Waals surface area contributed by atoms with E-state index in [9.17, 15) is 13.2 Å². The number of rotatable bonds is 7. The van der Waals surface area contributed by atoms with Crippen molar-refractivity contribution < 1.29 is 17.9 Å². The molecule has 1 aliphatic heterocycles. The van der Waals surface area contributed by atoms with Crippen LogP contribution in [0.2, 0.25) is 0 Å². The Bertz CT molecular complexity index is 1090. The fourth-order valence-corrected chi connectivity index (χ4v) is 3.20. The van der Waals surface area contributed by atoms with Crippen LogP contribution in [0.15, 0.2) is 59.7 Å². The van der Waals surface area contributed by atoms with Gasteiger partial charge < -0.3 is 15.0 Å². The highest BCUT2D eigenvalue weighted by Gasteiger charge is 2.32. The van der Waals surface area contributed by atoms with Crippen LogP contribution < -0.4 is 15.6 Å². The van der Waals surface area contributed by atoms with E-state index in [4.69, 9.17) is 4.74 Å². The maximum absolute atomic E-state index is 13.2. The summed E-state index contributed by atoms with van der Waals surface area (Å²) in [6, 6.07) is 14.9. The average Bonchev–Trinajstić information content (AvgIpc) is 2.83. The lowest BCUT2D eigenvalue weighted by Crippen LogP contribution is -2.37. The van der Waals surface area contributed by atoms with Crippen molar-refractivity contribution in [3.8, 4) is 0 Å². The number of hydrazone groups is 1. The zero-order valence-electron chi connectivity index (χ0n) is 17.6. The van der Waals surface area contributed by atoms with Crippen LogP contribution in [0.3, 0.4) is 0 Å². The molecule has 0 radical (unpaired) electrons. The third kappa shape index (κ3) is 6.16. The number of benzene rings is 2. The molecule has 0 saturated carbocycles. The first-order valence-corrected chi connectivity index (χ1v) is 10.3. The van der Waals surface area contributed by atoms with Gasteiger partial charge in [-0.3, -0.25) is 0 Å². The fraction of sp³-hybridized carbons (Fsp3) is 0.273. The number of morpholine rings is 1. The Labute approximate surface area is 188 Å². The van der Waals surface area contributed by atoms with Gasteiger partial charge in [0, 0.05) is 25.2 Å². The molecule has 8 nitrogen and oxygen atoms in total. The number of anilines is 3. The Morgan fingerprint density at radius 3 is 2.39 bits per heavy atom. The summed E-state index contributed by atoms with van der Waals surface area (Å²) in [6.45, 7) is 2.82. The predicted molar refractivity (Wildman–Crippen MR) is 119 cm³/mol. The van der Waals surface area contributed by atoms with Gasteiger partial charge in [-0.15, -0.1) is 0 Å². The number of hydrogen-bond donors (Lipinski definition) is 2. The molecule has 4 rings (SSSR count). The first-order chi connectivity index (χ1) is 16.0. The number of halogens is 3. The van der Waals surface area contributed by atoms with E-state index in [2.05, 4.69) is 30.8 Å². The van der Waals surface area contributed by atoms with Crippen LogP contribution in [-0.2, 0) is 17.5 Å². The van der Waals surface area contributed by atoms with Crippen molar-refractivity contribution in [3.05, 3.63) is 71.3 Å². The Hall–Kier alpha value is -3.73. The lowest BCUT2D eigenvalue weighted by Gasteiger charge is -2.27. The van der Waals surface area contributed by atoms with Crippen molar-refractivity contribution in [1.82, 2.24) is 15.0 Å². The zero-order valence-corrected chi connectivity index (χ0v) is 17.6. The van der Waals surface area contributed by atoms with Crippen LogP contribution in [-0.4, -0.2) is 47.5 Å². The molecule has 1 aromatic heterocycles. The second-order valence-corrected chi connectivity index (χ2v) is 7.18. The van der Waals surface area contributed by atoms with Crippen molar-refractivity contribution in [2.75, 3.05) is 41.9 Å². The molecule has 0 bridgehead atoms. The van der Waals surface area contributed by atoms with Gasteiger partial charge in [0.05, 0.1) is 25.0 Å². The van der Waals surface area contributed by atoms with Crippen molar-refractivity contribution in [2.24, 2.45) is 5.10 Å². The summed E-state index contributed by atoms with van der Waals surface area (Å²) in [4.78, 5) is 15.1. The highest BCUT2D eigenvalue weighted by molar-refractivity contribution is 5.82. The van der Waals surface area contributed by atoms with E-state index in [1.807, 2.05) is 35.2 Å². The van der Waals surface area contributed by atoms with Gasteiger partial charge in [0.25, 0.3) is 0 Å². The minimum atomic E-state index is -4.48. The van der Waals surface area contributed by atoms with Gasteiger partial charge in [-0.25, -0.2) is 5.43 Å². The molecule has 0 amide bonds. The maximum Gasteiger partial charge on any atom is 0.417 e. The largest absolute Gasteiger partial charge is 0.417 e. The topological polar surface area (TPSA) is 87.6 Å². The average molecular weight is 457 g/mol. The smallest absolute Gasteiger partial charge is 0.378 e. The summed E-state index contributed by atoms with van der Waals surface area (Å²) in [5, 5.41) is 7.09. The van der Waals surface area contributed by atoms with Gasteiger partial charge in [0.15, 0.2) is 0 Å². The van der Waals surface area contributed by atoms with E-state index in [1.54, 1.807) is 0 Å². The van der Waals surface area contributed by atoms with Crippen LogP contribution in [0.4, 0.5) is 31.0 Å². The van der Waals surface area contributed by atoms with Crippen LogP contribution in [0.5, 0.6) is 0 Å². The second kappa shape index (κ2) is 10.3. The third-order valence-corrected chi connectivity index (χ3v) is 4.85. The molecule has 1 aliphatic rings. The van der Waals surface area contributed by atoms with Gasteiger partial charge in [-0.1, -0.05) is 48.5 Å². The van der Waals surface area contributed by atoms with Gasteiger partial charge in [-0.2, -0.15) is 33.2 Å². The minimum absolute atomic E-state index is 0.0672. The molecule has 0 aliphatic carbocycles. The van der Waals surface area contributed by atoms with E-state index in [0.29, 0.717) is 44.7 Å². The molecule has 2 aromatic carbocycles. The standard InChI is InChI=1S/C22H22F3N7O/c23-22(24,25)18-9-5-4-8-17(18)15-27-31-20-28-19(26-14-16-6-2-1-3-7-16)29-21(30-20)32-10-12-33-13-11-32/h1-9,15H,10-14H2,(H2,26,28,29,30,31)/b27-15+. The molecule has 172 valence electrons. The lowest BCUT2D eigenvalue weighted by molar-refractivity contribution is -0.137. The highest BCUT2D eigenvalue weighted by Crippen LogP contribution is 2.31. The number of hydrogen-bond acceptors (Lipinski definition) is 8. The maximum atomic E-state index is 13.2. The number of alkyl halides is 3. The van der Waals surface area contributed by atoms with Crippen LogP contribution in [0.1, 0.15) is 16.7 Å². The van der Waals surface area contributed by atoms with Gasteiger partial charge in [0.1, 0.15) is 0 Å². The zero-order chi connectivity index (χ0) is 23.1. The van der Waals surface area contributed by atoms with E-state index in [1.165, 1.54) is 18.2 Å². The Kier molecular flexibility index (Phi) is 6.98. The van der Waals surface area contributed by atoms with Crippen LogP contribution in [0, 0.1) is 0 Å². The Morgan fingerprint density at radius 2 is 1.64 bits per heavy atom. The number of aromatic nitrogens is 3. The quantitative estimate of drug-likeness (QED) is 0.412. The Morgan fingerprint density at radius 1 is 0.939 bits per heavy atom. The predicted octanol–water partition coefficient (Wildman–Crippen LogP) is 3.79. The molecule has 0 atom stereocenters. The molecule has 0 unspecified atom stereocenters. The number of ether oxygens (including phenoxy) is 1. The Balaban J connectivity index is 1.54. The minimum Gasteiger partial charge on any atom is -0.378 e. The molecule has 11 heteroatoms. The fourth-order valence-electron chi connectivity index (χ4n) is 3.20. The van der Waals surface area contributed by atoms with Gasteiger partial charge in [-0.05, 0) is 11.6 Å². The van der Waals surface area contributed by atoms with Crippen LogP contribution in [0.25, 0.3) is 0 Å². The first-order valence-electron chi connectivity index (χ1n) is 10.3. The van der Waals surface area contributed by atoms with Crippen molar-refractivity contribution in [2.45, 2.75) is 12.7 Å². The summed E-state index contributed by atoms with van der Waals surface area (Å²) in [7, 11) is 0. The van der Waals surface area contributed by atoms with Gasteiger partial charge in [0.2, 0.25) is 17.8 Å². The normalized spacial score (nSPS) is 14.5. The lowest BCUT2D eigenvalue weighted by atomic mass is 10.1. The first kappa shape index (κ1) is 22.5. The number of nitrogens with zero attached hydrogens (tertiary/aromatic N) is 5. The molecule has 0 spiro atoms. The summed E-state index contributed by atoms with van der Waals surface area (Å²) in [5.41, 5.74) is 2.84. The molecule has 2 heterocycles. The highest BCUT2D eigenvalue weighted by atomic mass is 19.4. The van der Waals surface area contributed by atoms with Crippen LogP contribution >= 0.6 is 0 Å². The summed E-state index contributed by atoms with van der Waals surface area (Å²) in [5.74, 6) is 0.865. The SMILES string of the molecule is FC(F)(F)c1ccccc1/C=N/Nc1nc(NCc2ccccc2)nc(N2CCOCC2)n1. The van der Waals surface area contributed by atoms with E-state index < -0.39 is 11.7 Å². The molecular formula is C22H22F3N7O. The van der Waals surface area contributed by atoms with E-state index in [0.717, 1.165) is 17.8 Å². The molecule has 1 saturated heterocycles. The molecule has 1 fully saturated rings. The molecular weight excluding hydrogens is 435 g/mol. The molecule has 2 N–H and O–H groups in total. The van der Waals surface area contributed by atoms with Gasteiger partial charge >= 0.3 is 6.18 Å². The van der Waals surface area contributed by atoms with Crippen molar-refractivity contribution >= 4 is 24.1 Å². The van der Waals surface area contributed by atoms with Crippen molar-refractivity contribution in [3.63, 3.8) is 0 Å². The molecule has 3 aromatic rings. The van der Waals surface area contributed by atoms with E-state index >= 15 is 0 Å². The molecule has 33 heavy (non-hydrogen) atoms. The second-order valence-electron chi connectivity index (χ2n) is 7.18.